The van der Waals surface area contributed by atoms with E-state index in [9.17, 15) is 18.0 Å². The topological polar surface area (TPSA) is 104 Å². The van der Waals surface area contributed by atoms with Crippen LogP contribution in [0.2, 0.25) is 0 Å². The summed E-state index contributed by atoms with van der Waals surface area (Å²) in [5.41, 5.74) is 6.88. The Morgan fingerprint density at radius 1 is 1.28 bits per heavy atom. The number of nitrogens with one attached hydrogen (secondary N) is 2. The van der Waals surface area contributed by atoms with E-state index in [1.165, 1.54) is 0 Å². The lowest BCUT2D eigenvalue weighted by molar-refractivity contribution is -0.136. The van der Waals surface area contributed by atoms with Crippen LogP contribution in [0.5, 0.6) is 0 Å². The maximum atomic E-state index is 13.7. The molecule has 4 N–H and O–H groups in total. The van der Waals surface area contributed by atoms with E-state index >= 15 is 0 Å². The number of likely N-dealkylation sites (tertiary alicyclic amines) is 1. The summed E-state index contributed by atoms with van der Waals surface area (Å²) in [6, 6.07) is 8.80. The zero-order valence-electron chi connectivity index (χ0n) is 17.0. The van der Waals surface area contributed by atoms with Gasteiger partial charge in [-0.15, -0.1) is 0 Å². The molecule has 0 aliphatic carbocycles. The minimum Gasteiger partial charge on any atom is -0.383 e. The van der Waals surface area contributed by atoms with Gasteiger partial charge in [0.05, 0.1) is 17.4 Å². The van der Waals surface area contributed by atoms with Crippen LogP contribution in [0, 0.1) is 0 Å². The van der Waals surface area contributed by atoms with Crippen molar-refractivity contribution in [1.29, 1.82) is 0 Å². The number of pyridine rings is 1. The number of H-pyrrole nitrogens is 2. The molecule has 1 fully saturated rings. The zero-order valence-corrected chi connectivity index (χ0v) is 17.0. The molecule has 5 rings (SSSR count). The largest absolute Gasteiger partial charge is 0.417 e. The summed E-state index contributed by atoms with van der Waals surface area (Å²) in [4.78, 5) is 22.2. The average Bonchev–Trinajstić information content (AvgIpc) is 3.36. The normalized spacial score (nSPS) is 17.3. The molecule has 10 heteroatoms. The zero-order chi connectivity index (χ0) is 22.5. The van der Waals surface area contributed by atoms with E-state index in [1.807, 2.05) is 30.5 Å². The number of alkyl halides is 3. The maximum Gasteiger partial charge on any atom is 0.417 e. The molecular formula is C22H21F3N6O. The van der Waals surface area contributed by atoms with Gasteiger partial charge in [-0.3, -0.25) is 9.89 Å². The number of aromatic amines is 2. The van der Waals surface area contributed by atoms with Gasteiger partial charge in [0, 0.05) is 41.8 Å². The molecule has 1 aromatic carbocycles. The van der Waals surface area contributed by atoms with Gasteiger partial charge in [-0.25, -0.2) is 4.98 Å². The number of aromatic nitrogens is 4. The number of hydrogen-bond acceptors (Lipinski definition) is 4. The van der Waals surface area contributed by atoms with Gasteiger partial charge in [-0.05, 0) is 30.5 Å². The summed E-state index contributed by atoms with van der Waals surface area (Å²) in [6.45, 7) is 0.887. The fourth-order valence-electron chi connectivity index (χ4n) is 4.50. The maximum absolute atomic E-state index is 13.7. The van der Waals surface area contributed by atoms with Crippen LogP contribution < -0.4 is 5.73 Å². The molecule has 0 saturated carbocycles. The fourth-order valence-corrected chi connectivity index (χ4v) is 4.50. The predicted molar refractivity (Wildman–Crippen MR) is 114 cm³/mol. The van der Waals surface area contributed by atoms with Crippen molar-refractivity contribution in [2.75, 3.05) is 18.8 Å². The lowest BCUT2D eigenvalue weighted by Crippen LogP contribution is -2.40. The van der Waals surface area contributed by atoms with E-state index in [-0.39, 0.29) is 40.8 Å². The molecule has 0 radical (unpaired) electrons. The number of benzene rings is 1. The van der Waals surface area contributed by atoms with Crippen molar-refractivity contribution in [2.24, 2.45) is 0 Å². The van der Waals surface area contributed by atoms with Crippen LogP contribution in [-0.2, 0) is 17.4 Å². The number of halogens is 3. The average molecular weight is 442 g/mol. The van der Waals surface area contributed by atoms with Gasteiger partial charge >= 0.3 is 6.18 Å². The van der Waals surface area contributed by atoms with Crippen molar-refractivity contribution in [3.63, 3.8) is 0 Å². The summed E-state index contributed by atoms with van der Waals surface area (Å²) >= 11 is 0. The standard InChI is InChI=1S/C22H21F3N6O/c23-22(24,25)15-9-17(28-21-19(15)20(26)29-30-21)12-4-3-7-31(11-12)18(32)8-13-10-27-16-6-2-1-5-14(13)16/h1-2,5-6,9-10,12,27H,3-4,7-8,11H2,(H3,26,28,29,30). The molecule has 0 spiro atoms. The van der Waals surface area contributed by atoms with Gasteiger partial charge in [0.2, 0.25) is 5.91 Å². The van der Waals surface area contributed by atoms with Crippen LogP contribution in [0.3, 0.4) is 0 Å². The first-order valence-electron chi connectivity index (χ1n) is 10.4. The van der Waals surface area contributed by atoms with Crippen LogP contribution in [-0.4, -0.2) is 44.1 Å². The van der Waals surface area contributed by atoms with E-state index in [4.69, 9.17) is 5.73 Å². The third kappa shape index (κ3) is 3.55. The Balaban J connectivity index is 1.40. The van der Waals surface area contributed by atoms with Gasteiger partial charge in [-0.2, -0.15) is 18.3 Å². The number of anilines is 1. The number of carbonyl (C=O) groups excluding carboxylic acids is 1. The number of nitrogens with two attached hydrogens (primary N) is 1. The van der Waals surface area contributed by atoms with Crippen molar-refractivity contribution in [3.05, 3.63) is 53.3 Å². The first-order chi connectivity index (χ1) is 15.3. The van der Waals surface area contributed by atoms with Crippen molar-refractivity contribution in [1.82, 2.24) is 25.1 Å². The second kappa shape index (κ2) is 7.54. The molecule has 3 aromatic heterocycles. The van der Waals surface area contributed by atoms with E-state index < -0.39 is 11.7 Å². The first-order valence-corrected chi connectivity index (χ1v) is 10.4. The van der Waals surface area contributed by atoms with Crippen molar-refractivity contribution in [2.45, 2.75) is 31.4 Å². The molecule has 1 amide bonds. The predicted octanol–water partition coefficient (Wildman–Crippen LogP) is 3.99. The molecule has 1 saturated heterocycles. The highest BCUT2D eigenvalue weighted by Crippen LogP contribution is 2.38. The van der Waals surface area contributed by atoms with Crippen molar-refractivity contribution in [3.8, 4) is 0 Å². The Morgan fingerprint density at radius 3 is 2.91 bits per heavy atom. The summed E-state index contributed by atoms with van der Waals surface area (Å²) < 4.78 is 41.0. The summed E-state index contributed by atoms with van der Waals surface area (Å²) in [5.74, 6) is -0.523. The van der Waals surface area contributed by atoms with Crippen LogP contribution >= 0.6 is 0 Å². The Hall–Kier alpha value is -3.56. The molecule has 4 aromatic rings. The van der Waals surface area contributed by atoms with Crippen LogP contribution in [0.25, 0.3) is 21.9 Å². The smallest absolute Gasteiger partial charge is 0.383 e. The first kappa shape index (κ1) is 20.3. The number of nitrogens with zero attached hydrogens (tertiary/aromatic N) is 3. The third-order valence-corrected chi connectivity index (χ3v) is 6.09. The van der Waals surface area contributed by atoms with E-state index in [0.29, 0.717) is 25.9 Å². The van der Waals surface area contributed by atoms with E-state index in [0.717, 1.165) is 22.5 Å². The molecule has 1 aliphatic rings. The number of amides is 1. The van der Waals surface area contributed by atoms with Crippen molar-refractivity contribution >= 4 is 33.7 Å². The molecule has 1 atom stereocenters. The number of para-hydroxylation sites is 1. The van der Waals surface area contributed by atoms with Gasteiger partial charge < -0.3 is 15.6 Å². The fraction of sp³-hybridized carbons (Fsp3) is 0.318. The highest BCUT2D eigenvalue weighted by atomic mass is 19.4. The second-order valence-electron chi connectivity index (χ2n) is 8.14. The Labute approximate surface area is 180 Å². The van der Waals surface area contributed by atoms with Crippen molar-refractivity contribution < 1.29 is 18.0 Å². The van der Waals surface area contributed by atoms with E-state index in [1.54, 1.807) is 4.90 Å². The van der Waals surface area contributed by atoms with Gasteiger partial charge in [0.25, 0.3) is 0 Å². The number of fused-ring (bicyclic) bond motifs is 2. The number of piperidine rings is 1. The minimum absolute atomic E-state index is 0.0550. The summed E-state index contributed by atoms with van der Waals surface area (Å²) in [5, 5.41) is 6.99. The number of rotatable bonds is 3. The van der Waals surface area contributed by atoms with Gasteiger partial charge in [0.1, 0.15) is 5.82 Å². The van der Waals surface area contributed by atoms with Gasteiger partial charge in [0.15, 0.2) is 5.65 Å². The molecule has 166 valence electrons. The molecule has 0 bridgehead atoms. The third-order valence-electron chi connectivity index (χ3n) is 6.09. The quantitative estimate of drug-likeness (QED) is 0.446. The van der Waals surface area contributed by atoms with Gasteiger partial charge in [-0.1, -0.05) is 18.2 Å². The van der Waals surface area contributed by atoms with Crippen LogP contribution in [0.1, 0.15) is 35.6 Å². The lowest BCUT2D eigenvalue weighted by atomic mass is 9.92. The van der Waals surface area contributed by atoms with Crippen LogP contribution in [0.15, 0.2) is 36.5 Å². The minimum atomic E-state index is -4.59. The van der Waals surface area contributed by atoms with Crippen LogP contribution in [0.4, 0.5) is 19.0 Å². The molecule has 1 unspecified atom stereocenters. The second-order valence-corrected chi connectivity index (χ2v) is 8.14. The number of carbonyl (C=O) groups is 1. The molecule has 1 aliphatic heterocycles. The Bertz CT molecular complexity index is 1310. The Morgan fingerprint density at radius 2 is 2.09 bits per heavy atom. The Kier molecular flexibility index (Phi) is 4.79. The summed E-state index contributed by atoms with van der Waals surface area (Å²) in [7, 11) is 0. The highest BCUT2D eigenvalue weighted by molar-refractivity contribution is 5.90. The molecular weight excluding hydrogens is 421 g/mol. The summed E-state index contributed by atoms with van der Waals surface area (Å²) in [6.07, 6.45) is -1.20. The molecule has 32 heavy (non-hydrogen) atoms. The monoisotopic (exact) mass is 442 g/mol. The van der Waals surface area contributed by atoms with E-state index in [2.05, 4.69) is 20.2 Å². The SMILES string of the molecule is Nc1[nH]nc2nc(C3CCCN(C(=O)Cc4c[nH]c5ccccc45)C3)cc(C(F)(F)F)c12. The number of hydrogen-bond donors (Lipinski definition) is 3. The number of nitrogen functional groups attached to an aromatic ring is 1. The molecule has 7 nitrogen and oxygen atoms in total. The lowest BCUT2D eigenvalue weighted by Gasteiger charge is -2.33. The molecule has 4 heterocycles. The highest BCUT2D eigenvalue weighted by Gasteiger charge is 2.36.